The van der Waals surface area contributed by atoms with Crippen molar-refractivity contribution in [1.29, 1.82) is 0 Å². The number of ether oxygens (including phenoxy) is 1. The molecule has 23 heavy (non-hydrogen) atoms. The fourth-order valence-corrected chi connectivity index (χ4v) is 2.97. The van der Waals surface area contributed by atoms with Crippen LogP contribution in [-0.4, -0.2) is 48.3 Å². The molecular formula is C15H19ClF2N2O3. The van der Waals surface area contributed by atoms with Gasteiger partial charge in [0.2, 0.25) is 5.91 Å². The topological polar surface area (TPSA) is 61.8 Å². The molecule has 2 atom stereocenters. The van der Waals surface area contributed by atoms with Gasteiger partial charge in [0.05, 0.1) is 17.7 Å². The summed E-state index contributed by atoms with van der Waals surface area (Å²) < 4.78 is 28.5. The van der Waals surface area contributed by atoms with E-state index in [-0.39, 0.29) is 29.3 Å². The van der Waals surface area contributed by atoms with Crippen LogP contribution in [0.3, 0.4) is 0 Å². The van der Waals surface area contributed by atoms with E-state index >= 15 is 0 Å². The first-order chi connectivity index (χ1) is 10.9. The highest BCUT2D eigenvalue weighted by atomic mass is 35.5. The number of hydrogen-bond acceptors (Lipinski definition) is 4. The number of halogens is 3. The molecule has 8 heteroatoms. The van der Waals surface area contributed by atoms with Crippen molar-refractivity contribution in [2.45, 2.75) is 38.0 Å². The lowest BCUT2D eigenvalue weighted by molar-refractivity contribution is -0.117. The summed E-state index contributed by atoms with van der Waals surface area (Å²) in [6.07, 6.45) is 2.14. The average molecular weight is 349 g/mol. The number of benzene rings is 1. The molecule has 1 aliphatic carbocycles. The fraction of sp³-hybridized carbons (Fsp3) is 0.533. The molecule has 0 unspecified atom stereocenters. The first kappa shape index (κ1) is 17.9. The summed E-state index contributed by atoms with van der Waals surface area (Å²) in [6.45, 7) is -2.84. The van der Waals surface area contributed by atoms with Crippen molar-refractivity contribution in [3.05, 3.63) is 23.2 Å². The van der Waals surface area contributed by atoms with Crippen LogP contribution in [-0.2, 0) is 4.79 Å². The first-order valence-electron chi connectivity index (χ1n) is 7.29. The average Bonchev–Trinajstić information content (AvgIpc) is 2.87. The van der Waals surface area contributed by atoms with Crippen molar-refractivity contribution in [2.24, 2.45) is 0 Å². The van der Waals surface area contributed by atoms with Gasteiger partial charge < -0.3 is 15.2 Å². The molecule has 0 aliphatic heterocycles. The summed E-state index contributed by atoms with van der Waals surface area (Å²) >= 11 is 5.83. The Labute approximate surface area is 138 Å². The van der Waals surface area contributed by atoms with Crippen LogP contribution in [0.2, 0.25) is 5.02 Å². The molecular weight excluding hydrogens is 330 g/mol. The van der Waals surface area contributed by atoms with Crippen LogP contribution < -0.4 is 10.1 Å². The van der Waals surface area contributed by atoms with E-state index in [1.807, 2.05) is 4.90 Å². The Morgan fingerprint density at radius 2 is 2.26 bits per heavy atom. The lowest BCUT2D eigenvalue weighted by atomic mass is 10.2. The molecule has 1 saturated carbocycles. The van der Waals surface area contributed by atoms with E-state index in [0.717, 1.165) is 19.3 Å². The number of rotatable bonds is 6. The normalized spacial score (nSPS) is 21.0. The highest BCUT2D eigenvalue weighted by Crippen LogP contribution is 2.29. The number of alkyl halides is 2. The lowest BCUT2D eigenvalue weighted by Crippen LogP contribution is -2.41. The number of aliphatic hydroxyl groups is 1. The van der Waals surface area contributed by atoms with Crippen molar-refractivity contribution in [3.63, 3.8) is 0 Å². The maximum Gasteiger partial charge on any atom is 0.387 e. The predicted octanol–water partition coefficient (Wildman–Crippen LogP) is 2.73. The van der Waals surface area contributed by atoms with Crippen LogP contribution in [0, 0.1) is 0 Å². The predicted molar refractivity (Wildman–Crippen MR) is 83.0 cm³/mol. The quantitative estimate of drug-likeness (QED) is 0.830. The molecule has 2 N–H and O–H groups in total. The van der Waals surface area contributed by atoms with Crippen molar-refractivity contribution >= 4 is 23.2 Å². The molecule has 2 rings (SSSR count). The van der Waals surface area contributed by atoms with Crippen LogP contribution in [0.1, 0.15) is 19.3 Å². The van der Waals surface area contributed by atoms with Gasteiger partial charge in [-0.25, -0.2) is 0 Å². The zero-order chi connectivity index (χ0) is 17.0. The van der Waals surface area contributed by atoms with E-state index in [0.29, 0.717) is 5.69 Å². The summed E-state index contributed by atoms with van der Waals surface area (Å²) in [5.41, 5.74) is 0.391. The van der Waals surface area contributed by atoms with Crippen LogP contribution in [0.25, 0.3) is 0 Å². The Hall–Kier alpha value is -1.44. The van der Waals surface area contributed by atoms with E-state index in [1.54, 1.807) is 7.05 Å². The second-order valence-corrected chi connectivity index (χ2v) is 5.96. The number of likely N-dealkylation sites (N-methyl/N-ethyl adjacent to an activating group) is 1. The number of carbonyl (C=O) groups excluding carboxylic acids is 1. The van der Waals surface area contributed by atoms with Crippen LogP contribution >= 0.6 is 11.6 Å². The maximum atomic E-state index is 12.2. The Morgan fingerprint density at radius 3 is 2.83 bits per heavy atom. The summed E-state index contributed by atoms with van der Waals surface area (Å²) in [6, 6.07) is 4.04. The van der Waals surface area contributed by atoms with Crippen LogP contribution in [0.5, 0.6) is 5.75 Å². The van der Waals surface area contributed by atoms with Gasteiger partial charge in [-0.05, 0) is 44.5 Å². The van der Waals surface area contributed by atoms with Crippen molar-refractivity contribution in [3.8, 4) is 5.75 Å². The van der Waals surface area contributed by atoms with Crippen LogP contribution in [0.15, 0.2) is 18.2 Å². The second kappa shape index (κ2) is 7.90. The van der Waals surface area contributed by atoms with E-state index in [4.69, 9.17) is 11.6 Å². The van der Waals surface area contributed by atoms with Crippen molar-refractivity contribution in [1.82, 2.24) is 4.90 Å². The monoisotopic (exact) mass is 348 g/mol. The van der Waals surface area contributed by atoms with Gasteiger partial charge in [-0.1, -0.05) is 11.6 Å². The van der Waals surface area contributed by atoms with Gasteiger partial charge in [-0.15, -0.1) is 0 Å². The maximum absolute atomic E-state index is 12.2. The van der Waals surface area contributed by atoms with Gasteiger partial charge in [0, 0.05) is 11.7 Å². The standard InChI is InChI=1S/C15H19ClF2N2O3/c1-20(11-3-2-4-12(11)21)8-14(22)19-9-5-6-13(10(16)7-9)23-15(17)18/h5-7,11-12,15,21H,2-4,8H2,1H3,(H,19,22)/t11-,12-/m1/s1. The van der Waals surface area contributed by atoms with Gasteiger partial charge in [-0.2, -0.15) is 8.78 Å². The Bertz CT molecular complexity index is 560. The van der Waals surface area contributed by atoms with Gasteiger partial charge in [0.15, 0.2) is 0 Å². The minimum atomic E-state index is -2.96. The molecule has 0 radical (unpaired) electrons. The number of anilines is 1. The number of hydrogen-bond donors (Lipinski definition) is 2. The molecule has 1 aliphatic rings. The first-order valence-corrected chi connectivity index (χ1v) is 7.67. The number of carbonyl (C=O) groups is 1. The Balaban J connectivity index is 1.91. The number of amides is 1. The van der Waals surface area contributed by atoms with E-state index < -0.39 is 12.7 Å². The third-order valence-corrected chi connectivity index (χ3v) is 4.13. The number of nitrogens with one attached hydrogen (secondary N) is 1. The van der Waals surface area contributed by atoms with E-state index in [1.165, 1.54) is 18.2 Å². The minimum Gasteiger partial charge on any atom is -0.433 e. The summed E-state index contributed by atoms with van der Waals surface area (Å²) in [5.74, 6) is -0.420. The fourth-order valence-electron chi connectivity index (χ4n) is 2.75. The van der Waals surface area contributed by atoms with E-state index in [2.05, 4.69) is 10.1 Å². The Morgan fingerprint density at radius 1 is 1.52 bits per heavy atom. The van der Waals surface area contributed by atoms with E-state index in [9.17, 15) is 18.7 Å². The summed E-state index contributed by atoms with van der Waals surface area (Å²) in [7, 11) is 1.78. The molecule has 0 saturated heterocycles. The molecule has 0 aromatic heterocycles. The molecule has 0 heterocycles. The molecule has 1 amide bonds. The molecule has 5 nitrogen and oxygen atoms in total. The highest BCUT2D eigenvalue weighted by molar-refractivity contribution is 6.32. The minimum absolute atomic E-state index is 0.0114. The van der Waals surface area contributed by atoms with Crippen molar-refractivity contribution < 1.29 is 23.4 Å². The Kier molecular flexibility index (Phi) is 6.15. The third-order valence-electron chi connectivity index (χ3n) is 3.83. The third kappa shape index (κ3) is 5.02. The SMILES string of the molecule is CN(CC(=O)Nc1ccc(OC(F)F)c(Cl)c1)[C@@H]1CCC[C@H]1O. The van der Waals surface area contributed by atoms with Gasteiger partial charge in [0.1, 0.15) is 5.75 Å². The van der Waals surface area contributed by atoms with Crippen LogP contribution in [0.4, 0.5) is 14.5 Å². The highest BCUT2D eigenvalue weighted by Gasteiger charge is 2.29. The van der Waals surface area contributed by atoms with Gasteiger partial charge in [-0.3, -0.25) is 9.69 Å². The van der Waals surface area contributed by atoms with Crippen molar-refractivity contribution in [2.75, 3.05) is 18.9 Å². The second-order valence-electron chi connectivity index (χ2n) is 5.55. The zero-order valence-corrected chi connectivity index (χ0v) is 13.4. The number of nitrogens with zero attached hydrogens (tertiary/aromatic N) is 1. The molecule has 0 spiro atoms. The summed E-state index contributed by atoms with van der Waals surface area (Å²) in [4.78, 5) is 13.8. The lowest BCUT2D eigenvalue weighted by Gasteiger charge is -2.26. The molecule has 128 valence electrons. The molecule has 1 fully saturated rings. The van der Waals surface area contributed by atoms with Gasteiger partial charge >= 0.3 is 6.61 Å². The summed E-state index contributed by atoms with van der Waals surface area (Å²) in [5, 5.41) is 12.5. The zero-order valence-electron chi connectivity index (χ0n) is 12.6. The largest absolute Gasteiger partial charge is 0.433 e. The smallest absolute Gasteiger partial charge is 0.387 e. The molecule has 1 aromatic rings. The molecule has 1 aromatic carbocycles. The van der Waals surface area contributed by atoms with Gasteiger partial charge in [0.25, 0.3) is 0 Å². The molecule has 0 bridgehead atoms. The number of aliphatic hydroxyl groups excluding tert-OH is 1.